The van der Waals surface area contributed by atoms with Crippen LogP contribution in [0.15, 0.2) is 72.8 Å². The molecule has 0 spiro atoms. The molecule has 0 aliphatic rings. The molecule has 0 bridgehead atoms. The summed E-state index contributed by atoms with van der Waals surface area (Å²) in [5, 5.41) is 0. The summed E-state index contributed by atoms with van der Waals surface area (Å²) < 4.78 is 5.53. The molecular formula is C18H21NO2. The van der Waals surface area contributed by atoms with E-state index in [0.29, 0.717) is 26.4 Å². The van der Waals surface area contributed by atoms with Crippen LogP contribution in [0.1, 0.15) is 11.1 Å². The molecule has 0 atom stereocenters. The first-order valence-corrected chi connectivity index (χ1v) is 7.10. The van der Waals surface area contributed by atoms with E-state index in [-0.39, 0.29) is 0 Å². The van der Waals surface area contributed by atoms with E-state index < -0.39 is 0 Å². The molecule has 0 saturated carbocycles. The monoisotopic (exact) mass is 283 g/mol. The highest BCUT2D eigenvalue weighted by Gasteiger charge is 1.90. The zero-order valence-corrected chi connectivity index (χ0v) is 12.1. The summed E-state index contributed by atoms with van der Waals surface area (Å²) in [4.78, 5) is 5.31. The predicted octanol–water partition coefficient (Wildman–Crippen LogP) is 3.48. The molecule has 0 aliphatic heterocycles. The summed E-state index contributed by atoms with van der Waals surface area (Å²) in [6.07, 6.45) is 3.91. The van der Waals surface area contributed by atoms with Crippen molar-refractivity contribution in [1.82, 2.24) is 5.48 Å². The third-order valence-corrected chi connectivity index (χ3v) is 2.89. The second kappa shape index (κ2) is 9.88. The molecule has 3 heteroatoms. The van der Waals surface area contributed by atoms with Crippen molar-refractivity contribution in [3.8, 4) is 0 Å². The van der Waals surface area contributed by atoms with Crippen LogP contribution in [0, 0.1) is 0 Å². The molecule has 0 fully saturated rings. The van der Waals surface area contributed by atoms with Crippen LogP contribution in [-0.2, 0) is 22.7 Å². The zero-order valence-electron chi connectivity index (χ0n) is 12.1. The number of ether oxygens (including phenoxy) is 1. The highest BCUT2D eigenvalue weighted by Crippen LogP contribution is 2.00. The molecular weight excluding hydrogens is 262 g/mol. The number of hydrogen-bond acceptors (Lipinski definition) is 3. The van der Waals surface area contributed by atoms with Crippen molar-refractivity contribution >= 4 is 0 Å². The molecule has 3 nitrogen and oxygen atoms in total. The first kappa shape index (κ1) is 15.4. The number of nitrogens with one attached hydrogen (secondary N) is 1. The van der Waals surface area contributed by atoms with Gasteiger partial charge < -0.3 is 4.74 Å². The van der Waals surface area contributed by atoms with Crippen LogP contribution in [0.2, 0.25) is 0 Å². The molecule has 110 valence electrons. The highest BCUT2D eigenvalue weighted by atomic mass is 16.6. The van der Waals surface area contributed by atoms with Crippen molar-refractivity contribution < 1.29 is 9.57 Å². The van der Waals surface area contributed by atoms with Crippen LogP contribution >= 0.6 is 0 Å². The van der Waals surface area contributed by atoms with E-state index in [1.54, 1.807) is 0 Å². The van der Waals surface area contributed by atoms with E-state index in [2.05, 4.69) is 29.7 Å². The van der Waals surface area contributed by atoms with Crippen LogP contribution in [0.3, 0.4) is 0 Å². The molecule has 2 aromatic carbocycles. The number of hydroxylamine groups is 1. The minimum absolute atomic E-state index is 0.529. The Bertz CT molecular complexity index is 511. The van der Waals surface area contributed by atoms with Crippen molar-refractivity contribution in [3.05, 3.63) is 83.9 Å². The van der Waals surface area contributed by atoms with Crippen molar-refractivity contribution in [2.45, 2.75) is 13.2 Å². The lowest BCUT2D eigenvalue weighted by atomic mass is 10.2. The van der Waals surface area contributed by atoms with E-state index in [0.717, 1.165) is 0 Å². The van der Waals surface area contributed by atoms with Gasteiger partial charge in [0.05, 0.1) is 19.8 Å². The summed E-state index contributed by atoms with van der Waals surface area (Å²) in [7, 11) is 0. The van der Waals surface area contributed by atoms with Crippen molar-refractivity contribution in [2.75, 3.05) is 13.2 Å². The van der Waals surface area contributed by atoms with E-state index in [1.807, 2.05) is 48.6 Å². The molecule has 0 aromatic heterocycles. The van der Waals surface area contributed by atoms with Gasteiger partial charge in [0, 0.05) is 6.54 Å². The van der Waals surface area contributed by atoms with Crippen LogP contribution in [0.4, 0.5) is 0 Å². The van der Waals surface area contributed by atoms with Gasteiger partial charge in [-0.15, -0.1) is 0 Å². The Hall–Kier alpha value is -1.94. The molecule has 0 saturated heterocycles. The van der Waals surface area contributed by atoms with Gasteiger partial charge >= 0.3 is 0 Å². The maximum Gasteiger partial charge on any atom is 0.0864 e. The van der Waals surface area contributed by atoms with Crippen molar-refractivity contribution in [2.24, 2.45) is 0 Å². The third-order valence-electron chi connectivity index (χ3n) is 2.89. The second-order valence-electron chi connectivity index (χ2n) is 4.59. The van der Waals surface area contributed by atoms with E-state index in [9.17, 15) is 0 Å². The fraction of sp³-hybridized carbons (Fsp3) is 0.222. The van der Waals surface area contributed by atoms with Gasteiger partial charge in [-0.25, -0.2) is 0 Å². The summed E-state index contributed by atoms with van der Waals surface area (Å²) >= 11 is 0. The van der Waals surface area contributed by atoms with E-state index >= 15 is 0 Å². The molecule has 0 amide bonds. The largest absolute Gasteiger partial charge is 0.373 e. The predicted molar refractivity (Wildman–Crippen MR) is 84.5 cm³/mol. The Balaban J connectivity index is 1.47. The van der Waals surface area contributed by atoms with Gasteiger partial charge in [0.2, 0.25) is 0 Å². The summed E-state index contributed by atoms with van der Waals surface area (Å²) in [6.45, 7) is 2.47. The van der Waals surface area contributed by atoms with Crippen LogP contribution < -0.4 is 5.48 Å². The molecule has 0 aliphatic carbocycles. The Labute approximate surface area is 126 Å². The van der Waals surface area contributed by atoms with E-state index in [1.165, 1.54) is 11.1 Å². The third kappa shape index (κ3) is 6.86. The first-order valence-electron chi connectivity index (χ1n) is 7.10. The van der Waals surface area contributed by atoms with Crippen LogP contribution in [0.5, 0.6) is 0 Å². The van der Waals surface area contributed by atoms with Crippen molar-refractivity contribution in [1.29, 1.82) is 0 Å². The van der Waals surface area contributed by atoms with Crippen LogP contribution in [-0.4, -0.2) is 13.2 Å². The molecule has 2 aromatic rings. The maximum absolute atomic E-state index is 5.53. The Kier molecular flexibility index (Phi) is 7.27. The van der Waals surface area contributed by atoms with Gasteiger partial charge in [0.25, 0.3) is 0 Å². The zero-order chi connectivity index (χ0) is 14.6. The topological polar surface area (TPSA) is 30.5 Å². The molecule has 2 rings (SSSR count). The van der Waals surface area contributed by atoms with Crippen molar-refractivity contribution in [3.63, 3.8) is 0 Å². The minimum atomic E-state index is 0.529. The van der Waals surface area contributed by atoms with Gasteiger partial charge in [-0.3, -0.25) is 4.84 Å². The SMILES string of the molecule is C(=C\CONCc1ccccc1)/COCc1ccccc1. The molecule has 1 N–H and O–H groups in total. The van der Waals surface area contributed by atoms with Gasteiger partial charge in [-0.05, 0) is 11.1 Å². The lowest BCUT2D eigenvalue weighted by molar-refractivity contribution is 0.0572. The Morgan fingerprint density at radius 2 is 1.38 bits per heavy atom. The Morgan fingerprint density at radius 3 is 2.10 bits per heavy atom. The van der Waals surface area contributed by atoms with E-state index in [4.69, 9.17) is 9.57 Å². The molecule has 0 heterocycles. The lowest BCUT2D eigenvalue weighted by Gasteiger charge is -2.03. The van der Waals surface area contributed by atoms with Gasteiger partial charge in [-0.1, -0.05) is 72.8 Å². The maximum atomic E-state index is 5.53. The quantitative estimate of drug-likeness (QED) is 0.434. The summed E-state index contributed by atoms with van der Waals surface area (Å²) in [5.74, 6) is 0. The summed E-state index contributed by atoms with van der Waals surface area (Å²) in [5.41, 5.74) is 5.31. The first-order chi connectivity index (χ1) is 10.4. The number of rotatable bonds is 9. The minimum Gasteiger partial charge on any atom is -0.373 e. The normalized spacial score (nSPS) is 11.0. The standard InChI is InChI=1S/C18H21NO2/c1-3-9-17(10-4-1)15-19-21-14-8-7-13-20-16-18-11-5-2-6-12-18/h1-12,19H,13-16H2/b8-7+. The molecule has 0 radical (unpaired) electrons. The summed E-state index contributed by atoms with van der Waals surface area (Å²) in [6, 6.07) is 20.3. The van der Waals surface area contributed by atoms with Crippen LogP contribution in [0.25, 0.3) is 0 Å². The number of hydrogen-bond donors (Lipinski definition) is 1. The number of benzene rings is 2. The Morgan fingerprint density at radius 1 is 0.762 bits per heavy atom. The average Bonchev–Trinajstić information content (AvgIpc) is 2.55. The molecule has 0 unspecified atom stereocenters. The smallest absolute Gasteiger partial charge is 0.0864 e. The van der Waals surface area contributed by atoms with Gasteiger partial charge in [-0.2, -0.15) is 5.48 Å². The fourth-order valence-electron chi connectivity index (χ4n) is 1.79. The molecule has 21 heavy (non-hydrogen) atoms. The highest BCUT2D eigenvalue weighted by molar-refractivity contribution is 5.14. The van der Waals surface area contributed by atoms with Gasteiger partial charge in [0.1, 0.15) is 0 Å². The van der Waals surface area contributed by atoms with Gasteiger partial charge in [0.15, 0.2) is 0 Å². The lowest BCUT2D eigenvalue weighted by Crippen LogP contribution is -2.13. The second-order valence-corrected chi connectivity index (χ2v) is 4.59. The average molecular weight is 283 g/mol. The fourth-order valence-corrected chi connectivity index (χ4v) is 1.79.